The van der Waals surface area contributed by atoms with Crippen LogP contribution in [0.4, 0.5) is 5.69 Å². The van der Waals surface area contributed by atoms with Gasteiger partial charge in [-0.15, -0.1) is 0 Å². The van der Waals surface area contributed by atoms with Crippen molar-refractivity contribution in [3.05, 3.63) is 54.6 Å². The number of amidine groups is 1. The predicted octanol–water partition coefficient (Wildman–Crippen LogP) is 3.73. The zero-order valence-corrected chi connectivity index (χ0v) is 16.0. The molecular weight excluding hydrogens is 342 g/mol. The van der Waals surface area contributed by atoms with Crippen LogP contribution in [0.1, 0.15) is 0 Å². The van der Waals surface area contributed by atoms with Gasteiger partial charge in [0.1, 0.15) is 5.75 Å². The third-order valence-electron chi connectivity index (χ3n) is 4.19. The Morgan fingerprint density at radius 3 is 2.35 bits per heavy atom. The predicted molar refractivity (Wildman–Crippen MR) is 109 cm³/mol. The first kappa shape index (κ1) is 18.4. The average molecular weight is 366 g/mol. The van der Waals surface area contributed by atoms with E-state index in [0.717, 1.165) is 48.3 Å². The van der Waals surface area contributed by atoms with Crippen LogP contribution >= 0.6 is 11.8 Å². The molecule has 1 fully saturated rings. The molecule has 0 radical (unpaired) electrons. The fourth-order valence-corrected chi connectivity index (χ4v) is 3.15. The van der Waals surface area contributed by atoms with Gasteiger partial charge in [0.15, 0.2) is 5.84 Å². The van der Waals surface area contributed by atoms with Gasteiger partial charge in [-0.1, -0.05) is 18.2 Å². The maximum Gasteiger partial charge on any atom is 0.182 e. The Morgan fingerprint density at radius 2 is 1.69 bits per heavy atom. The van der Waals surface area contributed by atoms with Gasteiger partial charge in [-0.05, 0) is 66.4 Å². The van der Waals surface area contributed by atoms with Gasteiger partial charge in [-0.25, -0.2) is 4.99 Å². The third kappa shape index (κ3) is 5.29. The monoisotopic (exact) mass is 365 g/mol. The SMILES string of the molecule is COc1ccc(/N=C(/C#CSc2ccccc2)N2CCN(C)CC2)cc1. The Kier molecular flexibility index (Phi) is 6.59. The van der Waals surface area contributed by atoms with E-state index in [1.165, 1.54) is 11.8 Å². The Bertz CT molecular complexity index is 786. The van der Waals surface area contributed by atoms with Gasteiger partial charge in [0, 0.05) is 31.1 Å². The molecule has 1 saturated heterocycles. The zero-order valence-electron chi connectivity index (χ0n) is 15.2. The van der Waals surface area contributed by atoms with Crippen molar-refractivity contribution in [1.29, 1.82) is 0 Å². The van der Waals surface area contributed by atoms with Crippen molar-refractivity contribution >= 4 is 23.3 Å². The molecule has 5 heteroatoms. The van der Waals surface area contributed by atoms with Crippen LogP contribution in [-0.4, -0.2) is 56.0 Å². The molecule has 0 amide bonds. The van der Waals surface area contributed by atoms with E-state index in [1.54, 1.807) is 7.11 Å². The molecule has 0 N–H and O–H groups in total. The fourth-order valence-electron chi connectivity index (χ4n) is 2.59. The Balaban J connectivity index is 1.80. The zero-order chi connectivity index (χ0) is 18.2. The van der Waals surface area contributed by atoms with E-state index in [4.69, 9.17) is 9.73 Å². The molecule has 3 rings (SSSR count). The summed E-state index contributed by atoms with van der Waals surface area (Å²) in [5.41, 5.74) is 0.888. The maximum absolute atomic E-state index is 5.22. The highest BCUT2D eigenvalue weighted by molar-refractivity contribution is 8.04. The van der Waals surface area contributed by atoms with E-state index in [2.05, 4.69) is 40.2 Å². The molecule has 1 aliphatic heterocycles. The Hall–Kier alpha value is -2.42. The van der Waals surface area contributed by atoms with Crippen LogP contribution in [0.15, 0.2) is 64.5 Å². The topological polar surface area (TPSA) is 28.1 Å². The first-order valence-corrected chi connectivity index (χ1v) is 9.45. The Labute approximate surface area is 159 Å². The van der Waals surface area contributed by atoms with Gasteiger partial charge in [0.05, 0.1) is 12.8 Å². The third-order valence-corrected chi connectivity index (χ3v) is 4.90. The molecular formula is C21H23N3OS. The summed E-state index contributed by atoms with van der Waals surface area (Å²) in [6.07, 6.45) is 0. The van der Waals surface area contributed by atoms with Crippen molar-refractivity contribution in [2.24, 2.45) is 4.99 Å². The molecule has 4 nitrogen and oxygen atoms in total. The first-order valence-electron chi connectivity index (χ1n) is 8.64. The number of benzene rings is 2. The van der Waals surface area contributed by atoms with E-state index in [9.17, 15) is 0 Å². The molecule has 2 aromatic carbocycles. The van der Waals surface area contributed by atoms with E-state index in [0.29, 0.717) is 0 Å². The summed E-state index contributed by atoms with van der Waals surface area (Å²) in [7, 11) is 3.81. The second-order valence-corrected chi connectivity index (χ2v) is 6.95. The Morgan fingerprint density at radius 1 is 1.00 bits per heavy atom. The number of nitrogens with zero attached hydrogens (tertiary/aromatic N) is 3. The lowest BCUT2D eigenvalue weighted by atomic mass is 10.3. The molecule has 2 aromatic rings. The van der Waals surface area contributed by atoms with Gasteiger partial charge in [-0.3, -0.25) is 0 Å². The molecule has 0 bridgehead atoms. The number of likely N-dealkylation sites (N-methyl/N-ethyl adjacent to an activating group) is 1. The first-order chi connectivity index (χ1) is 12.7. The summed E-state index contributed by atoms with van der Waals surface area (Å²) in [6.45, 7) is 3.93. The van der Waals surface area contributed by atoms with Gasteiger partial charge < -0.3 is 14.5 Å². The summed E-state index contributed by atoms with van der Waals surface area (Å²) in [5.74, 6) is 4.92. The highest BCUT2D eigenvalue weighted by Crippen LogP contribution is 2.19. The molecule has 0 unspecified atom stereocenters. The number of methoxy groups -OCH3 is 1. The normalized spacial score (nSPS) is 15.3. The average Bonchev–Trinajstić information content (AvgIpc) is 2.69. The van der Waals surface area contributed by atoms with Crippen molar-refractivity contribution in [3.8, 4) is 16.9 Å². The van der Waals surface area contributed by atoms with Crippen molar-refractivity contribution in [1.82, 2.24) is 9.80 Å². The van der Waals surface area contributed by atoms with E-state index in [-0.39, 0.29) is 0 Å². The second kappa shape index (κ2) is 9.33. The minimum atomic E-state index is 0.826. The van der Waals surface area contributed by atoms with Crippen LogP contribution in [0, 0.1) is 11.2 Å². The number of hydrogen-bond acceptors (Lipinski definition) is 4. The summed E-state index contributed by atoms with van der Waals surface area (Å²) in [5, 5.41) is 3.21. The van der Waals surface area contributed by atoms with Crippen molar-refractivity contribution < 1.29 is 4.74 Å². The number of piperazine rings is 1. The maximum atomic E-state index is 5.22. The van der Waals surface area contributed by atoms with Crippen molar-refractivity contribution in [3.63, 3.8) is 0 Å². The lowest BCUT2D eigenvalue weighted by Gasteiger charge is -2.32. The lowest BCUT2D eigenvalue weighted by Crippen LogP contribution is -2.46. The smallest absolute Gasteiger partial charge is 0.182 e. The molecule has 0 aliphatic carbocycles. The van der Waals surface area contributed by atoms with Crippen molar-refractivity contribution in [2.75, 3.05) is 40.3 Å². The minimum Gasteiger partial charge on any atom is -0.497 e. The number of rotatable bonds is 3. The summed E-state index contributed by atoms with van der Waals surface area (Å²) < 4.78 is 5.22. The molecule has 26 heavy (non-hydrogen) atoms. The number of hydrogen-bond donors (Lipinski definition) is 0. The van der Waals surface area contributed by atoms with Crippen LogP contribution in [0.3, 0.4) is 0 Å². The minimum absolute atomic E-state index is 0.826. The summed E-state index contributed by atoms with van der Waals surface area (Å²) in [4.78, 5) is 10.5. The standard InChI is InChI=1S/C21H23N3OS/c1-23-13-15-24(16-14-23)21(12-17-26-20-6-4-3-5-7-20)22-18-8-10-19(25-2)11-9-18/h3-11H,13-16H2,1-2H3/b22-21-. The van der Waals surface area contributed by atoms with Crippen molar-refractivity contribution in [2.45, 2.75) is 4.90 Å². The summed E-state index contributed by atoms with van der Waals surface area (Å²) >= 11 is 1.53. The largest absolute Gasteiger partial charge is 0.497 e. The highest BCUT2D eigenvalue weighted by Gasteiger charge is 2.16. The van der Waals surface area contributed by atoms with E-state index in [1.807, 2.05) is 42.5 Å². The molecule has 0 saturated carbocycles. The fraction of sp³-hybridized carbons (Fsp3) is 0.286. The van der Waals surface area contributed by atoms with E-state index < -0.39 is 0 Å². The number of ether oxygens (including phenoxy) is 1. The van der Waals surface area contributed by atoms with E-state index >= 15 is 0 Å². The van der Waals surface area contributed by atoms with Gasteiger partial charge in [0.2, 0.25) is 0 Å². The van der Waals surface area contributed by atoms with Gasteiger partial charge >= 0.3 is 0 Å². The highest BCUT2D eigenvalue weighted by atomic mass is 32.2. The van der Waals surface area contributed by atoms with Crippen LogP contribution in [0.25, 0.3) is 0 Å². The lowest BCUT2D eigenvalue weighted by molar-refractivity contribution is 0.216. The molecule has 1 heterocycles. The second-order valence-electron chi connectivity index (χ2n) is 6.07. The summed E-state index contributed by atoms with van der Waals surface area (Å²) in [6, 6.07) is 18.0. The van der Waals surface area contributed by atoms with Gasteiger partial charge in [0.25, 0.3) is 0 Å². The molecule has 1 aliphatic rings. The number of aliphatic imine (C=N–C) groups is 1. The van der Waals surface area contributed by atoms with Crippen LogP contribution < -0.4 is 4.74 Å². The number of thioether (sulfide) groups is 1. The quantitative estimate of drug-likeness (QED) is 0.359. The van der Waals surface area contributed by atoms with Crippen LogP contribution in [0.2, 0.25) is 0 Å². The molecule has 134 valence electrons. The molecule has 0 spiro atoms. The van der Waals surface area contributed by atoms with Crippen LogP contribution in [0.5, 0.6) is 5.75 Å². The van der Waals surface area contributed by atoms with Crippen LogP contribution in [-0.2, 0) is 0 Å². The molecule has 0 atom stereocenters. The van der Waals surface area contributed by atoms with Gasteiger partial charge in [-0.2, -0.15) is 0 Å². The molecule has 0 aromatic heterocycles.